The fourth-order valence-electron chi connectivity index (χ4n) is 1.80. The Kier molecular flexibility index (Phi) is 2.27. The molecular formula is C10H13FN2. The van der Waals surface area contributed by atoms with Crippen LogP contribution in [0.25, 0.3) is 0 Å². The molecule has 70 valence electrons. The number of hydrogen-bond donors (Lipinski definition) is 1. The first-order valence-corrected chi connectivity index (χ1v) is 4.60. The Hall–Kier alpha value is -0.960. The summed E-state index contributed by atoms with van der Waals surface area (Å²) in [5.41, 5.74) is 1.71. The maximum absolute atomic E-state index is 13.3. The molecular weight excluding hydrogens is 167 g/mol. The summed E-state index contributed by atoms with van der Waals surface area (Å²) in [5.74, 6) is 0.168. The maximum Gasteiger partial charge on any atom is 0.145 e. The van der Waals surface area contributed by atoms with Gasteiger partial charge in [-0.3, -0.25) is 4.98 Å². The Balaban J connectivity index is 2.32. The van der Waals surface area contributed by atoms with E-state index in [-0.39, 0.29) is 5.82 Å². The van der Waals surface area contributed by atoms with Crippen LogP contribution < -0.4 is 5.32 Å². The molecule has 1 aliphatic rings. The first-order valence-electron chi connectivity index (χ1n) is 4.60. The molecule has 1 aliphatic heterocycles. The summed E-state index contributed by atoms with van der Waals surface area (Å²) >= 11 is 0. The summed E-state index contributed by atoms with van der Waals surface area (Å²) in [6.07, 6.45) is 2.35. The highest BCUT2D eigenvalue weighted by Crippen LogP contribution is 2.24. The van der Waals surface area contributed by atoms with Crippen LogP contribution in [-0.4, -0.2) is 18.1 Å². The quantitative estimate of drug-likeness (QED) is 0.710. The number of nitrogens with zero attached hydrogens (tertiary/aromatic N) is 1. The summed E-state index contributed by atoms with van der Waals surface area (Å²) in [4.78, 5) is 3.92. The first-order chi connectivity index (χ1) is 6.27. The van der Waals surface area contributed by atoms with Crippen molar-refractivity contribution in [3.63, 3.8) is 0 Å². The van der Waals surface area contributed by atoms with Gasteiger partial charge in [0.1, 0.15) is 5.82 Å². The van der Waals surface area contributed by atoms with Gasteiger partial charge in [-0.25, -0.2) is 4.39 Å². The van der Waals surface area contributed by atoms with E-state index >= 15 is 0 Å². The van der Waals surface area contributed by atoms with Crippen LogP contribution in [-0.2, 0) is 0 Å². The Bertz CT molecular complexity index is 306. The number of pyridine rings is 1. The van der Waals surface area contributed by atoms with E-state index in [1.165, 1.54) is 6.20 Å². The minimum absolute atomic E-state index is 0.167. The molecule has 0 amide bonds. The lowest BCUT2D eigenvalue weighted by Gasteiger charge is -2.09. The minimum Gasteiger partial charge on any atom is -0.316 e. The van der Waals surface area contributed by atoms with E-state index in [9.17, 15) is 4.39 Å². The van der Waals surface area contributed by atoms with Gasteiger partial charge >= 0.3 is 0 Å². The highest BCUT2D eigenvalue weighted by molar-refractivity contribution is 5.23. The number of aryl methyl sites for hydroxylation is 1. The molecule has 0 radical (unpaired) electrons. The number of aromatic nitrogens is 1. The maximum atomic E-state index is 13.3. The predicted molar refractivity (Wildman–Crippen MR) is 49.2 cm³/mol. The van der Waals surface area contributed by atoms with Gasteiger partial charge in [0.25, 0.3) is 0 Å². The van der Waals surface area contributed by atoms with E-state index in [2.05, 4.69) is 10.3 Å². The smallest absolute Gasteiger partial charge is 0.145 e. The highest BCUT2D eigenvalue weighted by atomic mass is 19.1. The molecule has 1 aromatic rings. The van der Waals surface area contributed by atoms with Crippen molar-refractivity contribution >= 4 is 0 Å². The Labute approximate surface area is 77.2 Å². The zero-order valence-corrected chi connectivity index (χ0v) is 7.68. The first kappa shape index (κ1) is 8.63. The number of nitrogens with one attached hydrogen (secondary N) is 1. The molecule has 0 bridgehead atoms. The standard InChI is InChI=1S/C10H13FN2/c1-7-4-9(10(11)6-13-7)8-2-3-12-5-8/h4,6,8,12H,2-3,5H2,1H3. The molecule has 1 fully saturated rings. The van der Waals surface area contributed by atoms with Crippen molar-refractivity contribution in [2.45, 2.75) is 19.3 Å². The Morgan fingerprint density at radius 1 is 1.62 bits per heavy atom. The van der Waals surface area contributed by atoms with E-state index in [0.717, 1.165) is 30.8 Å². The molecule has 1 aromatic heterocycles. The van der Waals surface area contributed by atoms with Crippen molar-refractivity contribution in [2.24, 2.45) is 0 Å². The molecule has 0 aromatic carbocycles. The predicted octanol–water partition coefficient (Wildman–Crippen LogP) is 1.61. The lowest BCUT2D eigenvalue weighted by atomic mass is 9.98. The van der Waals surface area contributed by atoms with E-state index in [0.29, 0.717) is 5.92 Å². The monoisotopic (exact) mass is 180 g/mol. The second kappa shape index (κ2) is 3.42. The summed E-state index contributed by atoms with van der Waals surface area (Å²) < 4.78 is 13.3. The van der Waals surface area contributed by atoms with Gasteiger partial charge in [0.2, 0.25) is 0 Å². The third-order valence-corrected chi connectivity index (χ3v) is 2.52. The van der Waals surface area contributed by atoms with Crippen LogP contribution >= 0.6 is 0 Å². The summed E-state index contributed by atoms with van der Waals surface area (Å²) in [6, 6.07) is 1.85. The average Bonchev–Trinajstić information content (AvgIpc) is 2.61. The Morgan fingerprint density at radius 3 is 3.15 bits per heavy atom. The zero-order chi connectivity index (χ0) is 9.26. The number of halogens is 1. The third-order valence-electron chi connectivity index (χ3n) is 2.52. The topological polar surface area (TPSA) is 24.9 Å². The van der Waals surface area contributed by atoms with Crippen LogP contribution in [0.2, 0.25) is 0 Å². The molecule has 2 rings (SSSR count). The van der Waals surface area contributed by atoms with E-state index < -0.39 is 0 Å². The van der Waals surface area contributed by atoms with Gasteiger partial charge in [0.05, 0.1) is 6.20 Å². The number of hydrogen-bond acceptors (Lipinski definition) is 2. The second-order valence-electron chi connectivity index (χ2n) is 3.54. The zero-order valence-electron chi connectivity index (χ0n) is 7.68. The van der Waals surface area contributed by atoms with Crippen LogP contribution in [0, 0.1) is 12.7 Å². The van der Waals surface area contributed by atoms with Crippen LogP contribution in [0.5, 0.6) is 0 Å². The number of rotatable bonds is 1. The van der Waals surface area contributed by atoms with Gasteiger partial charge in [0, 0.05) is 18.2 Å². The normalized spacial score (nSPS) is 22.2. The molecule has 2 nitrogen and oxygen atoms in total. The van der Waals surface area contributed by atoms with Crippen molar-refractivity contribution in [3.8, 4) is 0 Å². The van der Waals surface area contributed by atoms with Crippen LogP contribution in [0.15, 0.2) is 12.3 Å². The second-order valence-corrected chi connectivity index (χ2v) is 3.54. The van der Waals surface area contributed by atoms with Gasteiger partial charge in [-0.1, -0.05) is 0 Å². The van der Waals surface area contributed by atoms with Crippen LogP contribution in [0.4, 0.5) is 4.39 Å². The molecule has 13 heavy (non-hydrogen) atoms. The van der Waals surface area contributed by atoms with Crippen molar-refractivity contribution in [2.75, 3.05) is 13.1 Å². The molecule has 1 unspecified atom stereocenters. The van der Waals surface area contributed by atoms with Gasteiger partial charge in [0.15, 0.2) is 0 Å². The molecule has 1 saturated heterocycles. The van der Waals surface area contributed by atoms with E-state index in [1.807, 2.05) is 13.0 Å². The van der Waals surface area contributed by atoms with Gasteiger partial charge < -0.3 is 5.32 Å². The molecule has 3 heteroatoms. The fraction of sp³-hybridized carbons (Fsp3) is 0.500. The van der Waals surface area contributed by atoms with E-state index in [1.54, 1.807) is 0 Å². The molecule has 0 saturated carbocycles. The third kappa shape index (κ3) is 1.70. The highest BCUT2D eigenvalue weighted by Gasteiger charge is 2.19. The SMILES string of the molecule is Cc1cc(C2CCNC2)c(F)cn1. The van der Waals surface area contributed by atoms with Crippen LogP contribution in [0.1, 0.15) is 23.6 Å². The molecule has 0 spiro atoms. The lowest BCUT2D eigenvalue weighted by molar-refractivity contribution is 0.580. The van der Waals surface area contributed by atoms with Crippen LogP contribution in [0.3, 0.4) is 0 Å². The summed E-state index contributed by atoms with van der Waals surface area (Å²) in [5, 5.41) is 3.23. The lowest BCUT2D eigenvalue weighted by Crippen LogP contribution is -2.09. The fourth-order valence-corrected chi connectivity index (χ4v) is 1.80. The molecule has 2 heterocycles. The van der Waals surface area contributed by atoms with E-state index in [4.69, 9.17) is 0 Å². The summed E-state index contributed by atoms with van der Waals surface area (Å²) in [6.45, 7) is 3.77. The average molecular weight is 180 g/mol. The summed E-state index contributed by atoms with van der Waals surface area (Å²) in [7, 11) is 0. The van der Waals surface area contributed by atoms with Crippen molar-refractivity contribution in [1.29, 1.82) is 0 Å². The van der Waals surface area contributed by atoms with Crippen molar-refractivity contribution in [1.82, 2.24) is 10.3 Å². The Morgan fingerprint density at radius 2 is 2.46 bits per heavy atom. The van der Waals surface area contributed by atoms with Gasteiger partial charge in [-0.15, -0.1) is 0 Å². The molecule has 0 aliphatic carbocycles. The largest absolute Gasteiger partial charge is 0.316 e. The van der Waals surface area contributed by atoms with Crippen molar-refractivity contribution < 1.29 is 4.39 Å². The van der Waals surface area contributed by atoms with Gasteiger partial charge in [-0.05, 0) is 31.5 Å². The minimum atomic E-state index is -0.167. The van der Waals surface area contributed by atoms with Crippen molar-refractivity contribution in [3.05, 3.63) is 29.3 Å². The molecule has 1 N–H and O–H groups in total. The van der Waals surface area contributed by atoms with Gasteiger partial charge in [-0.2, -0.15) is 0 Å². The molecule has 1 atom stereocenters.